The van der Waals surface area contributed by atoms with Crippen molar-refractivity contribution in [3.63, 3.8) is 0 Å². The van der Waals surface area contributed by atoms with Crippen molar-refractivity contribution in [3.05, 3.63) is 77.4 Å². The maximum Gasteiger partial charge on any atom is 0.343 e. The van der Waals surface area contributed by atoms with Gasteiger partial charge in [-0.3, -0.25) is 0 Å². The maximum atomic E-state index is 14.5. The average Bonchev–Trinajstić information content (AvgIpc) is 2.85. The summed E-state index contributed by atoms with van der Waals surface area (Å²) in [6, 6.07) is 11.6. The topological polar surface area (TPSA) is 52.1 Å². The molecule has 0 aliphatic carbocycles. The van der Waals surface area contributed by atoms with Crippen molar-refractivity contribution in [1.29, 1.82) is 0 Å². The van der Waals surface area contributed by atoms with Gasteiger partial charge in [0.2, 0.25) is 0 Å². The van der Waals surface area contributed by atoms with E-state index in [0.29, 0.717) is 23.6 Å². The summed E-state index contributed by atoms with van der Waals surface area (Å²) in [5.41, 5.74) is 2.81. The number of carbonyl (C=O) groups excluding carboxylic acids is 1. The third-order valence-corrected chi connectivity index (χ3v) is 5.91. The molecular weight excluding hydrogens is 427 g/mol. The quantitative estimate of drug-likeness (QED) is 0.148. The molecule has 0 spiro atoms. The predicted octanol–water partition coefficient (Wildman–Crippen LogP) is 7.75. The number of carbonyl (C=O) groups is 1. The Morgan fingerprint density at radius 3 is 2.15 bits per heavy atom. The van der Waals surface area contributed by atoms with Crippen LogP contribution in [-0.4, -0.2) is 15.9 Å². The molecule has 0 bridgehead atoms. The van der Waals surface area contributed by atoms with E-state index >= 15 is 0 Å². The molecular formula is C29H35FN2O2. The van der Waals surface area contributed by atoms with Gasteiger partial charge in [0.1, 0.15) is 11.6 Å². The van der Waals surface area contributed by atoms with E-state index < -0.39 is 5.97 Å². The van der Waals surface area contributed by atoms with Crippen molar-refractivity contribution < 1.29 is 13.9 Å². The summed E-state index contributed by atoms with van der Waals surface area (Å²) in [6.45, 7) is 4.33. The van der Waals surface area contributed by atoms with Crippen LogP contribution < -0.4 is 4.74 Å². The number of nitrogens with zero attached hydrogens (tertiary/aromatic N) is 2. The Bertz CT molecular complexity index is 1030. The lowest BCUT2D eigenvalue weighted by molar-refractivity contribution is 0.0734. The molecule has 5 heteroatoms. The van der Waals surface area contributed by atoms with Crippen LogP contribution in [0.25, 0.3) is 11.4 Å². The molecule has 0 aliphatic rings. The Morgan fingerprint density at radius 2 is 1.50 bits per heavy atom. The van der Waals surface area contributed by atoms with Gasteiger partial charge in [-0.1, -0.05) is 64.9 Å². The maximum absolute atomic E-state index is 14.5. The number of hydrogen-bond donors (Lipinski definition) is 0. The van der Waals surface area contributed by atoms with Crippen LogP contribution in [0.5, 0.6) is 5.75 Å². The first kappa shape index (κ1) is 25.5. The third kappa shape index (κ3) is 7.75. The molecule has 0 saturated heterocycles. The Balaban J connectivity index is 1.51. The highest BCUT2D eigenvalue weighted by molar-refractivity contribution is 5.91. The zero-order valence-corrected chi connectivity index (χ0v) is 20.4. The second kappa shape index (κ2) is 13.6. The molecule has 180 valence electrons. The highest BCUT2D eigenvalue weighted by Crippen LogP contribution is 2.21. The van der Waals surface area contributed by atoms with Crippen molar-refractivity contribution >= 4 is 5.97 Å². The molecule has 3 aromatic rings. The molecule has 0 saturated carbocycles. The highest BCUT2D eigenvalue weighted by Gasteiger charge is 2.13. The van der Waals surface area contributed by atoms with Crippen LogP contribution in [0.15, 0.2) is 54.9 Å². The van der Waals surface area contributed by atoms with Crippen molar-refractivity contribution in [2.45, 2.75) is 78.1 Å². The van der Waals surface area contributed by atoms with E-state index in [2.05, 4.69) is 23.8 Å². The zero-order valence-electron chi connectivity index (χ0n) is 20.4. The predicted molar refractivity (Wildman–Crippen MR) is 135 cm³/mol. The summed E-state index contributed by atoms with van der Waals surface area (Å²) in [7, 11) is 0. The van der Waals surface area contributed by atoms with E-state index in [9.17, 15) is 9.18 Å². The Morgan fingerprint density at radius 1 is 0.824 bits per heavy atom. The van der Waals surface area contributed by atoms with Gasteiger partial charge in [-0.25, -0.2) is 19.2 Å². The van der Waals surface area contributed by atoms with Gasteiger partial charge >= 0.3 is 5.97 Å². The monoisotopic (exact) mass is 462 g/mol. The van der Waals surface area contributed by atoms with E-state index in [1.165, 1.54) is 38.2 Å². The van der Waals surface area contributed by atoms with Gasteiger partial charge in [-0.15, -0.1) is 0 Å². The standard InChI is InChI=1S/C29H35FN2O2/c1-3-5-6-7-8-9-10-12-23-13-14-25(19-27(23)30)29(33)34-26-17-15-24(16-18-26)28-31-20-22(11-4-2)21-32-28/h13-21H,3-12H2,1-2H3. The molecule has 0 N–H and O–H groups in total. The van der Waals surface area contributed by atoms with Crippen LogP contribution in [-0.2, 0) is 12.8 Å². The SMILES string of the molecule is CCCCCCCCCc1ccc(C(=O)Oc2ccc(-c3ncc(CCC)cn3)cc2)cc1F. The summed E-state index contributed by atoms with van der Waals surface area (Å²) >= 11 is 0. The summed E-state index contributed by atoms with van der Waals surface area (Å²) in [5.74, 6) is 0.0917. The van der Waals surface area contributed by atoms with Crippen LogP contribution in [0.1, 0.15) is 86.7 Å². The lowest BCUT2D eigenvalue weighted by Gasteiger charge is -2.08. The fraction of sp³-hybridized carbons (Fsp3) is 0.414. The van der Waals surface area contributed by atoms with Gasteiger partial charge in [-0.2, -0.15) is 0 Å². The fourth-order valence-corrected chi connectivity index (χ4v) is 3.91. The van der Waals surface area contributed by atoms with Crippen LogP contribution in [0.3, 0.4) is 0 Å². The smallest absolute Gasteiger partial charge is 0.343 e. The molecule has 0 aliphatic heterocycles. The summed E-state index contributed by atoms with van der Waals surface area (Å²) in [5, 5.41) is 0. The summed E-state index contributed by atoms with van der Waals surface area (Å²) in [6.07, 6.45) is 14.7. The number of hydrogen-bond acceptors (Lipinski definition) is 4. The molecule has 1 aromatic heterocycles. The van der Waals surface area contributed by atoms with E-state index in [-0.39, 0.29) is 11.4 Å². The number of aromatic nitrogens is 2. The molecule has 0 amide bonds. The van der Waals surface area contributed by atoms with E-state index in [4.69, 9.17) is 4.74 Å². The van der Waals surface area contributed by atoms with Crippen molar-refractivity contribution in [2.75, 3.05) is 0 Å². The molecule has 0 unspecified atom stereocenters. The lowest BCUT2D eigenvalue weighted by Crippen LogP contribution is -2.09. The first-order valence-electron chi connectivity index (χ1n) is 12.5. The first-order valence-corrected chi connectivity index (χ1v) is 12.5. The summed E-state index contributed by atoms with van der Waals surface area (Å²) in [4.78, 5) is 21.3. The number of halogens is 1. The molecule has 34 heavy (non-hydrogen) atoms. The Hall–Kier alpha value is -3.08. The highest BCUT2D eigenvalue weighted by atomic mass is 19.1. The second-order valence-corrected chi connectivity index (χ2v) is 8.76. The van der Waals surface area contributed by atoms with E-state index in [0.717, 1.165) is 36.8 Å². The third-order valence-electron chi connectivity index (χ3n) is 5.91. The van der Waals surface area contributed by atoms with Crippen LogP contribution >= 0.6 is 0 Å². The molecule has 0 atom stereocenters. The Labute approximate surface area is 202 Å². The number of esters is 1. The lowest BCUT2D eigenvalue weighted by atomic mass is 10.0. The summed E-state index contributed by atoms with van der Waals surface area (Å²) < 4.78 is 20.0. The molecule has 3 rings (SSSR count). The molecule has 1 heterocycles. The zero-order chi connectivity index (χ0) is 24.2. The average molecular weight is 463 g/mol. The minimum Gasteiger partial charge on any atom is -0.423 e. The van der Waals surface area contributed by atoms with Gasteiger partial charge < -0.3 is 4.74 Å². The minimum absolute atomic E-state index is 0.208. The number of rotatable bonds is 13. The molecule has 4 nitrogen and oxygen atoms in total. The molecule has 0 fully saturated rings. The second-order valence-electron chi connectivity index (χ2n) is 8.76. The van der Waals surface area contributed by atoms with Crippen molar-refractivity contribution in [3.8, 4) is 17.1 Å². The van der Waals surface area contributed by atoms with Gasteiger partial charge in [0.15, 0.2) is 5.82 Å². The van der Waals surface area contributed by atoms with Gasteiger partial charge in [0.25, 0.3) is 0 Å². The molecule has 0 radical (unpaired) electrons. The number of benzene rings is 2. The fourth-order valence-electron chi connectivity index (χ4n) is 3.91. The van der Waals surface area contributed by atoms with Gasteiger partial charge in [0, 0.05) is 18.0 Å². The van der Waals surface area contributed by atoms with E-state index in [1.54, 1.807) is 24.3 Å². The van der Waals surface area contributed by atoms with Crippen LogP contribution in [0.2, 0.25) is 0 Å². The van der Waals surface area contributed by atoms with E-state index in [1.807, 2.05) is 24.5 Å². The van der Waals surface area contributed by atoms with Crippen LogP contribution in [0.4, 0.5) is 4.39 Å². The minimum atomic E-state index is -0.575. The Kier molecular flexibility index (Phi) is 10.2. The molecule has 2 aromatic carbocycles. The number of aryl methyl sites for hydroxylation is 2. The largest absolute Gasteiger partial charge is 0.423 e. The van der Waals surface area contributed by atoms with Crippen molar-refractivity contribution in [2.24, 2.45) is 0 Å². The van der Waals surface area contributed by atoms with Gasteiger partial charge in [0.05, 0.1) is 5.56 Å². The normalized spacial score (nSPS) is 10.9. The first-order chi connectivity index (χ1) is 16.6. The van der Waals surface area contributed by atoms with Crippen LogP contribution in [0, 0.1) is 5.82 Å². The van der Waals surface area contributed by atoms with Gasteiger partial charge in [-0.05, 0) is 66.8 Å². The number of unbranched alkanes of at least 4 members (excludes halogenated alkanes) is 6. The van der Waals surface area contributed by atoms with Crippen molar-refractivity contribution in [1.82, 2.24) is 9.97 Å². The number of ether oxygens (including phenoxy) is 1.